The Bertz CT molecular complexity index is 154. The van der Waals surface area contributed by atoms with E-state index < -0.39 is 0 Å². The number of ether oxygens (including phenoxy) is 1. The van der Waals surface area contributed by atoms with Gasteiger partial charge in [0.15, 0.2) is 5.05 Å². The molecule has 56 valence electrons. The minimum atomic E-state index is -0.311. The predicted molar refractivity (Wildman–Crippen MR) is 47.3 cm³/mol. The molecular formula is C6H8O2S2. The summed E-state index contributed by atoms with van der Waals surface area (Å²) >= 11 is 9.06. The summed E-state index contributed by atoms with van der Waals surface area (Å²) in [5.41, 5.74) is 0. The number of esters is 1. The van der Waals surface area contributed by atoms with Crippen molar-refractivity contribution in [1.29, 1.82) is 0 Å². The summed E-state index contributed by atoms with van der Waals surface area (Å²) < 4.78 is 4.58. The van der Waals surface area contributed by atoms with Crippen LogP contribution in [0.5, 0.6) is 0 Å². The SMILES string of the molecule is CC(=S)OC(=O)CCC=S. The first-order chi connectivity index (χ1) is 4.66. The van der Waals surface area contributed by atoms with Crippen LogP contribution in [-0.4, -0.2) is 16.4 Å². The van der Waals surface area contributed by atoms with E-state index in [-0.39, 0.29) is 11.0 Å². The van der Waals surface area contributed by atoms with Crippen LogP contribution in [0, 0.1) is 0 Å². The van der Waals surface area contributed by atoms with Crippen molar-refractivity contribution in [2.24, 2.45) is 0 Å². The largest absolute Gasteiger partial charge is 0.419 e. The minimum absolute atomic E-state index is 0.259. The summed E-state index contributed by atoms with van der Waals surface area (Å²) in [5, 5.41) is 1.76. The smallest absolute Gasteiger partial charge is 0.312 e. The zero-order valence-corrected chi connectivity index (χ0v) is 7.26. The van der Waals surface area contributed by atoms with Crippen LogP contribution in [0.2, 0.25) is 0 Å². The third kappa shape index (κ3) is 5.78. The van der Waals surface area contributed by atoms with Crippen LogP contribution in [0.15, 0.2) is 0 Å². The fourth-order valence-corrected chi connectivity index (χ4v) is 0.599. The average Bonchev–Trinajstić information content (AvgIpc) is 1.82. The molecule has 2 nitrogen and oxygen atoms in total. The number of hydrogen-bond donors (Lipinski definition) is 0. The first-order valence-electron chi connectivity index (χ1n) is 2.81. The van der Waals surface area contributed by atoms with Gasteiger partial charge in [-0.3, -0.25) is 4.79 Å². The molecule has 0 aromatic carbocycles. The lowest BCUT2D eigenvalue weighted by molar-refractivity contribution is -0.135. The molecule has 0 unspecified atom stereocenters. The standard InChI is InChI=1S/C6H8O2S2/c1-5(10)8-6(7)3-2-4-9/h4H,2-3H2,1H3. The second-order valence-electron chi connectivity index (χ2n) is 1.67. The molecule has 0 aromatic heterocycles. The van der Waals surface area contributed by atoms with Gasteiger partial charge >= 0.3 is 5.97 Å². The summed E-state index contributed by atoms with van der Waals surface area (Å²) in [7, 11) is 0. The highest BCUT2D eigenvalue weighted by Crippen LogP contribution is 1.91. The molecule has 0 N–H and O–H groups in total. The highest BCUT2D eigenvalue weighted by atomic mass is 32.1. The van der Waals surface area contributed by atoms with Gasteiger partial charge in [0.2, 0.25) is 0 Å². The van der Waals surface area contributed by atoms with Crippen molar-refractivity contribution in [2.75, 3.05) is 0 Å². The lowest BCUT2D eigenvalue weighted by Gasteiger charge is -1.97. The molecule has 0 saturated carbocycles. The van der Waals surface area contributed by atoms with Gasteiger partial charge in [-0.2, -0.15) is 0 Å². The van der Waals surface area contributed by atoms with E-state index in [1.807, 2.05) is 0 Å². The van der Waals surface area contributed by atoms with Gasteiger partial charge in [0, 0.05) is 6.92 Å². The first-order valence-corrected chi connectivity index (χ1v) is 3.69. The molecule has 0 bridgehead atoms. The molecule has 0 atom stereocenters. The van der Waals surface area contributed by atoms with Crippen LogP contribution < -0.4 is 0 Å². The van der Waals surface area contributed by atoms with E-state index in [1.165, 1.54) is 5.37 Å². The molecule has 0 heterocycles. The molecule has 0 aromatic rings. The number of thiocarbonyl (C=S) groups is 2. The van der Waals surface area contributed by atoms with Gasteiger partial charge in [0.25, 0.3) is 0 Å². The van der Waals surface area contributed by atoms with Crippen molar-refractivity contribution >= 4 is 40.8 Å². The van der Waals surface area contributed by atoms with Crippen molar-refractivity contribution < 1.29 is 9.53 Å². The highest BCUT2D eigenvalue weighted by molar-refractivity contribution is 7.80. The topological polar surface area (TPSA) is 26.3 Å². The molecule has 0 spiro atoms. The van der Waals surface area contributed by atoms with Gasteiger partial charge in [-0.1, -0.05) is 12.2 Å². The Morgan fingerprint density at radius 3 is 2.70 bits per heavy atom. The molecule has 0 rings (SSSR count). The Hall–Kier alpha value is -0.350. The monoisotopic (exact) mass is 176 g/mol. The van der Waals surface area contributed by atoms with Crippen molar-refractivity contribution in [3.8, 4) is 0 Å². The van der Waals surface area contributed by atoms with Crippen LogP contribution in [0.25, 0.3) is 0 Å². The highest BCUT2D eigenvalue weighted by Gasteiger charge is 2.00. The fourth-order valence-electron chi connectivity index (χ4n) is 0.388. The summed E-state index contributed by atoms with van der Waals surface area (Å²) in [6, 6.07) is 0. The van der Waals surface area contributed by atoms with E-state index in [4.69, 9.17) is 0 Å². The lowest BCUT2D eigenvalue weighted by atomic mass is 10.3. The van der Waals surface area contributed by atoms with Gasteiger partial charge in [-0.25, -0.2) is 0 Å². The Kier molecular flexibility index (Phi) is 5.25. The summed E-state index contributed by atoms with van der Waals surface area (Å²) in [5.74, 6) is -0.311. The van der Waals surface area contributed by atoms with Gasteiger partial charge < -0.3 is 4.74 Å². The number of hydrogen-bond acceptors (Lipinski definition) is 4. The molecule has 0 amide bonds. The fraction of sp³-hybridized carbons (Fsp3) is 0.500. The number of carbonyl (C=O) groups excluding carboxylic acids is 1. The average molecular weight is 176 g/mol. The summed E-state index contributed by atoms with van der Waals surface area (Å²) in [6.07, 6.45) is 0.883. The molecule has 0 aliphatic rings. The summed E-state index contributed by atoms with van der Waals surface area (Å²) in [4.78, 5) is 10.6. The van der Waals surface area contributed by atoms with E-state index in [2.05, 4.69) is 29.2 Å². The second kappa shape index (κ2) is 5.44. The van der Waals surface area contributed by atoms with E-state index in [9.17, 15) is 4.79 Å². The number of rotatable bonds is 3. The third-order valence-corrected chi connectivity index (χ3v) is 1.04. The van der Waals surface area contributed by atoms with Crippen LogP contribution >= 0.6 is 24.4 Å². The predicted octanol–water partition coefficient (Wildman–Crippen LogP) is 1.66. The zero-order chi connectivity index (χ0) is 7.98. The normalized spacial score (nSPS) is 8.50. The zero-order valence-electron chi connectivity index (χ0n) is 5.62. The maximum Gasteiger partial charge on any atom is 0.312 e. The molecule has 10 heavy (non-hydrogen) atoms. The molecular weight excluding hydrogens is 168 g/mol. The Balaban J connectivity index is 3.43. The van der Waals surface area contributed by atoms with Crippen LogP contribution in [0.3, 0.4) is 0 Å². The number of carbonyl (C=O) groups is 1. The molecule has 0 radical (unpaired) electrons. The lowest BCUT2D eigenvalue weighted by Crippen LogP contribution is -2.06. The van der Waals surface area contributed by atoms with Crippen LogP contribution in [0.1, 0.15) is 19.8 Å². The van der Waals surface area contributed by atoms with Gasteiger partial charge in [-0.15, -0.1) is 0 Å². The quantitative estimate of drug-likeness (QED) is 0.482. The van der Waals surface area contributed by atoms with Crippen LogP contribution in [0.4, 0.5) is 0 Å². The van der Waals surface area contributed by atoms with Crippen LogP contribution in [-0.2, 0) is 9.53 Å². The van der Waals surface area contributed by atoms with Crippen molar-refractivity contribution in [3.05, 3.63) is 0 Å². The van der Waals surface area contributed by atoms with E-state index >= 15 is 0 Å². The Labute approximate surface area is 70.6 Å². The molecule has 0 fully saturated rings. The Morgan fingerprint density at radius 2 is 2.30 bits per heavy atom. The van der Waals surface area contributed by atoms with Crippen molar-refractivity contribution in [2.45, 2.75) is 19.8 Å². The molecule has 0 aliphatic heterocycles. The molecule has 0 aliphatic carbocycles. The second-order valence-corrected chi connectivity index (χ2v) is 2.58. The van der Waals surface area contributed by atoms with E-state index in [1.54, 1.807) is 6.92 Å². The molecule has 0 saturated heterocycles. The van der Waals surface area contributed by atoms with E-state index in [0.29, 0.717) is 12.8 Å². The van der Waals surface area contributed by atoms with Crippen molar-refractivity contribution in [1.82, 2.24) is 0 Å². The minimum Gasteiger partial charge on any atom is -0.419 e. The molecule has 4 heteroatoms. The Morgan fingerprint density at radius 1 is 1.70 bits per heavy atom. The van der Waals surface area contributed by atoms with Crippen molar-refractivity contribution in [3.63, 3.8) is 0 Å². The summed E-state index contributed by atoms with van der Waals surface area (Å²) in [6.45, 7) is 1.56. The van der Waals surface area contributed by atoms with Gasteiger partial charge in [0.05, 0.1) is 6.42 Å². The van der Waals surface area contributed by atoms with Gasteiger partial charge in [0.1, 0.15) is 0 Å². The maximum atomic E-state index is 10.6. The first kappa shape index (κ1) is 9.65. The maximum absolute atomic E-state index is 10.6. The van der Waals surface area contributed by atoms with Gasteiger partial charge in [-0.05, 0) is 24.0 Å². The van der Waals surface area contributed by atoms with E-state index in [0.717, 1.165) is 0 Å². The third-order valence-electron chi connectivity index (χ3n) is 0.724.